The number of hydrogen-bond donors (Lipinski definition) is 2. The summed E-state index contributed by atoms with van der Waals surface area (Å²) in [6.07, 6.45) is 1.98. The normalized spacial score (nSPS) is 22.7. The zero-order valence-corrected chi connectivity index (χ0v) is 10.8. The van der Waals surface area contributed by atoms with Crippen molar-refractivity contribution in [3.8, 4) is 0 Å². The van der Waals surface area contributed by atoms with E-state index in [-0.39, 0.29) is 5.69 Å². The van der Waals surface area contributed by atoms with Crippen molar-refractivity contribution in [1.29, 1.82) is 0 Å². The third-order valence-electron chi connectivity index (χ3n) is 3.01. The predicted octanol–water partition coefficient (Wildman–Crippen LogP) is 1.08. The topological polar surface area (TPSA) is 79.3 Å². The van der Waals surface area contributed by atoms with Crippen LogP contribution in [0.15, 0.2) is 18.3 Å². The zero-order chi connectivity index (χ0) is 13.2. The standard InChI is InChI=1S/C12H14N2O3S/c1-8-3-2-5-13-9(8)10(15)14-12(11(16)17)4-6-18-7-12/h2-3,5H,4,6-7H2,1H3,(H,14,15)(H,16,17). The second-order valence-electron chi connectivity index (χ2n) is 4.31. The van der Waals surface area contributed by atoms with Crippen LogP contribution in [-0.4, -0.2) is 39.0 Å². The number of amides is 1. The Morgan fingerprint density at radius 2 is 2.33 bits per heavy atom. The van der Waals surface area contributed by atoms with Crippen LogP contribution in [0.4, 0.5) is 0 Å². The van der Waals surface area contributed by atoms with Crippen molar-refractivity contribution in [3.05, 3.63) is 29.6 Å². The Labute approximate surface area is 109 Å². The molecule has 0 aliphatic carbocycles. The molecule has 1 amide bonds. The van der Waals surface area contributed by atoms with Crippen molar-refractivity contribution in [2.24, 2.45) is 0 Å². The summed E-state index contributed by atoms with van der Waals surface area (Å²) in [4.78, 5) is 27.4. The van der Waals surface area contributed by atoms with Gasteiger partial charge in [0.15, 0.2) is 0 Å². The third-order valence-corrected chi connectivity index (χ3v) is 4.20. The molecule has 0 radical (unpaired) electrons. The molecular formula is C12H14N2O3S. The van der Waals surface area contributed by atoms with Crippen LogP contribution < -0.4 is 5.32 Å². The van der Waals surface area contributed by atoms with Gasteiger partial charge in [0.25, 0.3) is 5.91 Å². The third kappa shape index (κ3) is 2.33. The molecule has 1 aromatic heterocycles. The minimum atomic E-state index is -1.15. The van der Waals surface area contributed by atoms with E-state index in [9.17, 15) is 14.7 Å². The fourth-order valence-electron chi connectivity index (χ4n) is 1.89. The molecule has 5 nitrogen and oxygen atoms in total. The summed E-state index contributed by atoms with van der Waals surface area (Å²) in [5.74, 6) is -0.249. The average Bonchev–Trinajstić information content (AvgIpc) is 2.79. The number of thioether (sulfide) groups is 1. The van der Waals surface area contributed by atoms with Crippen LogP contribution in [0, 0.1) is 6.92 Å². The van der Waals surface area contributed by atoms with E-state index < -0.39 is 17.4 Å². The van der Waals surface area contributed by atoms with Crippen LogP contribution >= 0.6 is 11.8 Å². The maximum Gasteiger partial charge on any atom is 0.330 e. The summed E-state index contributed by atoms with van der Waals surface area (Å²) in [5.41, 5.74) is -0.123. The van der Waals surface area contributed by atoms with Gasteiger partial charge in [0, 0.05) is 11.9 Å². The fraction of sp³-hybridized carbons (Fsp3) is 0.417. The summed E-state index contributed by atoms with van der Waals surface area (Å²) >= 11 is 1.53. The maximum absolute atomic E-state index is 12.1. The van der Waals surface area contributed by atoms with Gasteiger partial charge in [0.05, 0.1) is 0 Å². The number of carbonyl (C=O) groups excluding carboxylic acids is 1. The van der Waals surface area contributed by atoms with Crippen molar-refractivity contribution in [3.63, 3.8) is 0 Å². The van der Waals surface area contributed by atoms with Gasteiger partial charge in [-0.3, -0.25) is 9.78 Å². The van der Waals surface area contributed by atoms with Gasteiger partial charge in [0.1, 0.15) is 11.2 Å². The highest BCUT2D eigenvalue weighted by molar-refractivity contribution is 7.99. The van der Waals surface area contributed by atoms with E-state index in [0.29, 0.717) is 12.2 Å². The number of aryl methyl sites for hydroxylation is 1. The van der Waals surface area contributed by atoms with Crippen LogP contribution in [0.3, 0.4) is 0 Å². The van der Waals surface area contributed by atoms with E-state index in [1.54, 1.807) is 19.1 Å². The summed E-state index contributed by atoms with van der Waals surface area (Å²) in [5, 5.41) is 11.9. The molecule has 6 heteroatoms. The van der Waals surface area contributed by atoms with E-state index in [1.807, 2.05) is 0 Å². The molecule has 1 unspecified atom stereocenters. The van der Waals surface area contributed by atoms with Crippen molar-refractivity contribution in [2.45, 2.75) is 18.9 Å². The van der Waals surface area contributed by atoms with Crippen molar-refractivity contribution in [1.82, 2.24) is 10.3 Å². The highest BCUT2D eigenvalue weighted by Gasteiger charge is 2.43. The SMILES string of the molecule is Cc1cccnc1C(=O)NC1(C(=O)O)CCSC1. The molecule has 2 rings (SSSR count). The molecule has 1 aromatic rings. The van der Waals surface area contributed by atoms with Gasteiger partial charge < -0.3 is 10.4 Å². The molecule has 0 aromatic carbocycles. The number of carboxylic acid groups (broad SMARTS) is 1. The lowest BCUT2D eigenvalue weighted by atomic mass is 9.98. The number of nitrogens with zero attached hydrogens (tertiary/aromatic N) is 1. The summed E-state index contributed by atoms with van der Waals surface area (Å²) in [7, 11) is 0. The van der Waals surface area contributed by atoms with Crippen molar-refractivity contribution in [2.75, 3.05) is 11.5 Å². The molecule has 96 valence electrons. The second kappa shape index (κ2) is 4.97. The lowest BCUT2D eigenvalue weighted by Crippen LogP contribution is -2.55. The molecule has 0 spiro atoms. The number of pyridine rings is 1. The van der Waals surface area contributed by atoms with Gasteiger partial charge in [-0.1, -0.05) is 6.07 Å². The quantitative estimate of drug-likeness (QED) is 0.856. The molecular weight excluding hydrogens is 252 g/mol. The van der Waals surface area contributed by atoms with Crippen LogP contribution in [0.2, 0.25) is 0 Å². The molecule has 1 aliphatic heterocycles. The molecule has 1 saturated heterocycles. The monoisotopic (exact) mass is 266 g/mol. The van der Waals surface area contributed by atoms with Gasteiger partial charge in [-0.2, -0.15) is 11.8 Å². The molecule has 18 heavy (non-hydrogen) atoms. The number of carbonyl (C=O) groups is 2. The first-order chi connectivity index (χ1) is 8.55. The Hall–Kier alpha value is -1.56. The number of rotatable bonds is 3. The van der Waals surface area contributed by atoms with Gasteiger partial charge in [-0.15, -0.1) is 0 Å². The van der Waals surface area contributed by atoms with Gasteiger partial charge in [-0.25, -0.2) is 4.79 Å². The smallest absolute Gasteiger partial charge is 0.330 e. The highest BCUT2D eigenvalue weighted by Crippen LogP contribution is 2.28. The zero-order valence-electron chi connectivity index (χ0n) is 9.97. The Kier molecular flexibility index (Phi) is 3.56. The van der Waals surface area contributed by atoms with Gasteiger partial charge in [0.2, 0.25) is 0 Å². The van der Waals surface area contributed by atoms with E-state index in [0.717, 1.165) is 11.3 Å². The molecule has 0 saturated carbocycles. The largest absolute Gasteiger partial charge is 0.479 e. The number of aliphatic carboxylic acids is 1. The first-order valence-corrected chi connectivity index (χ1v) is 6.76. The Morgan fingerprint density at radius 3 is 2.89 bits per heavy atom. The Morgan fingerprint density at radius 1 is 1.56 bits per heavy atom. The Bertz CT molecular complexity index is 484. The lowest BCUT2D eigenvalue weighted by molar-refractivity contribution is -0.143. The highest BCUT2D eigenvalue weighted by atomic mass is 32.2. The van der Waals surface area contributed by atoms with E-state index in [1.165, 1.54) is 18.0 Å². The second-order valence-corrected chi connectivity index (χ2v) is 5.42. The number of nitrogens with one attached hydrogen (secondary N) is 1. The number of hydrogen-bond acceptors (Lipinski definition) is 4. The molecule has 2 heterocycles. The minimum Gasteiger partial charge on any atom is -0.479 e. The number of aromatic nitrogens is 1. The fourth-order valence-corrected chi connectivity index (χ4v) is 3.21. The number of carboxylic acids is 1. The summed E-state index contributed by atoms with van der Waals surface area (Å²) in [6, 6.07) is 3.52. The van der Waals surface area contributed by atoms with Gasteiger partial charge in [-0.05, 0) is 30.7 Å². The van der Waals surface area contributed by atoms with Crippen LogP contribution in [-0.2, 0) is 4.79 Å². The molecule has 1 atom stereocenters. The predicted molar refractivity (Wildman–Crippen MR) is 68.7 cm³/mol. The Balaban J connectivity index is 2.21. The molecule has 1 aliphatic rings. The van der Waals surface area contributed by atoms with Crippen LogP contribution in [0.1, 0.15) is 22.5 Å². The van der Waals surface area contributed by atoms with Crippen LogP contribution in [0.5, 0.6) is 0 Å². The summed E-state index contributed by atoms with van der Waals surface area (Å²) < 4.78 is 0. The molecule has 1 fully saturated rings. The first kappa shape index (κ1) is 12.9. The van der Waals surface area contributed by atoms with Crippen molar-refractivity contribution < 1.29 is 14.7 Å². The van der Waals surface area contributed by atoms with Gasteiger partial charge >= 0.3 is 5.97 Å². The van der Waals surface area contributed by atoms with E-state index in [2.05, 4.69) is 10.3 Å². The van der Waals surface area contributed by atoms with E-state index >= 15 is 0 Å². The minimum absolute atomic E-state index is 0.287. The summed E-state index contributed by atoms with van der Waals surface area (Å²) in [6.45, 7) is 1.78. The molecule has 2 N–H and O–H groups in total. The first-order valence-electron chi connectivity index (χ1n) is 5.60. The average molecular weight is 266 g/mol. The maximum atomic E-state index is 12.1. The van der Waals surface area contributed by atoms with E-state index in [4.69, 9.17) is 0 Å². The van der Waals surface area contributed by atoms with Crippen LogP contribution in [0.25, 0.3) is 0 Å². The lowest BCUT2D eigenvalue weighted by Gasteiger charge is -2.24. The van der Waals surface area contributed by atoms with Crippen molar-refractivity contribution >= 4 is 23.6 Å². The molecule has 0 bridgehead atoms.